The molecule has 0 aromatic carbocycles. The second-order valence-corrected chi connectivity index (χ2v) is 6.34. The molecule has 0 radical (unpaired) electrons. The lowest BCUT2D eigenvalue weighted by Crippen LogP contribution is -2.39. The van der Waals surface area contributed by atoms with Gasteiger partial charge < -0.3 is 10.2 Å². The molecule has 1 aliphatic rings. The van der Waals surface area contributed by atoms with Gasteiger partial charge in [0.05, 0.1) is 6.54 Å². The monoisotopic (exact) mass is 292 g/mol. The highest BCUT2D eigenvalue weighted by molar-refractivity contribution is 5.79. The normalized spacial score (nSPS) is 18.0. The second-order valence-electron chi connectivity index (χ2n) is 6.34. The summed E-state index contributed by atoms with van der Waals surface area (Å²) in [4.78, 5) is 11.2. The summed E-state index contributed by atoms with van der Waals surface area (Å²) in [6.07, 6.45) is 6.87. The minimum Gasteiger partial charge on any atom is -0.357 e. The van der Waals surface area contributed by atoms with Crippen LogP contribution in [0.15, 0.2) is 11.3 Å². The van der Waals surface area contributed by atoms with Gasteiger partial charge in [-0.15, -0.1) is 0 Å². The fourth-order valence-electron chi connectivity index (χ4n) is 2.87. The van der Waals surface area contributed by atoms with Crippen molar-refractivity contribution in [2.75, 3.05) is 20.1 Å². The fourth-order valence-corrected chi connectivity index (χ4v) is 2.87. The Kier molecular flexibility index (Phi) is 5.20. The van der Waals surface area contributed by atoms with E-state index in [1.807, 2.05) is 14.1 Å². The third kappa shape index (κ3) is 4.19. The lowest BCUT2D eigenvalue weighted by atomic mass is 9.89. The molecule has 0 aliphatic heterocycles. The summed E-state index contributed by atoms with van der Waals surface area (Å²) in [5.41, 5.74) is 0.381. The Balaban J connectivity index is 2.01. The molecule has 0 saturated heterocycles. The summed E-state index contributed by atoms with van der Waals surface area (Å²) in [7, 11) is 3.97. The van der Waals surface area contributed by atoms with Crippen LogP contribution in [0.1, 0.15) is 45.4 Å². The Bertz CT molecular complexity index is 472. The van der Waals surface area contributed by atoms with Gasteiger partial charge in [-0.1, -0.05) is 19.8 Å². The number of hydrogen-bond donors (Lipinski definition) is 1. The number of guanidine groups is 1. The van der Waals surface area contributed by atoms with E-state index in [-0.39, 0.29) is 0 Å². The summed E-state index contributed by atoms with van der Waals surface area (Å²) in [6, 6.07) is 0. The number of rotatable bonds is 5. The lowest BCUT2D eigenvalue weighted by Gasteiger charge is -2.25. The molecule has 1 fully saturated rings. The molecule has 0 amide bonds. The molecule has 6 heteroatoms. The Morgan fingerprint density at radius 1 is 1.48 bits per heavy atom. The van der Waals surface area contributed by atoms with Crippen molar-refractivity contribution in [1.29, 1.82) is 0 Å². The van der Waals surface area contributed by atoms with Crippen LogP contribution in [-0.2, 0) is 13.6 Å². The first-order valence-electron chi connectivity index (χ1n) is 7.86. The van der Waals surface area contributed by atoms with Crippen LogP contribution in [-0.4, -0.2) is 45.8 Å². The third-order valence-electron chi connectivity index (χ3n) is 4.30. The van der Waals surface area contributed by atoms with E-state index in [0.29, 0.717) is 12.0 Å². The molecular formula is C15H28N6. The largest absolute Gasteiger partial charge is 0.357 e. The standard InChI is InChI=1S/C15H28N6/c1-5-16-14(17-11-15(2)8-6-7-9-15)20(3)10-13-18-12-19-21(13)4/h12H,5-11H2,1-4H3,(H,16,17). The van der Waals surface area contributed by atoms with Crippen molar-refractivity contribution in [3.05, 3.63) is 12.2 Å². The van der Waals surface area contributed by atoms with E-state index in [4.69, 9.17) is 4.99 Å². The quantitative estimate of drug-likeness (QED) is 0.664. The third-order valence-corrected chi connectivity index (χ3v) is 4.30. The molecule has 0 unspecified atom stereocenters. The van der Waals surface area contributed by atoms with Crippen LogP contribution in [0, 0.1) is 5.41 Å². The van der Waals surface area contributed by atoms with Crippen LogP contribution in [0.3, 0.4) is 0 Å². The summed E-state index contributed by atoms with van der Waals surface area (Å²) in [6.45, 7) is 6.94. The average molecular weight is 292 g/mol. The Hall–Kier alpha value is -1.59. The van der Waals surface area contributed by atoms with Gasteiger partial charge in [0.2, 0.25) is 0 Å². The van der Waals surface area contributed by atoms with Gasteiger partial charge in [0.15, 0.2) is 5.96 Å². The zero-order chi connectivity index (χ0) is 15.3. The van der Waals surface area contributed by atoms with Crippen molar-refractivity contribution in [2.24, 2.45) is 17.5 Å². The molecule has 1 heterocycles. The van der Waals surface area contributed by atoms with Crippen LogP contribution >= 0.6 is 0 Å². The highest BCUT2D eigenvalue weighted by Crippen LogP contribution is 2.37. The second kappa shape index (κ2) is 6.91. The van der Waals surface area contributed by atoms with Crippen molar-refractivity contribution in [2.45, 2.75) is 46.1 Å². The molecule has 2 rings (SSSR count). The van der Waals surface area contributed by atoms with Crippen LogP contribution in [0.25, 0.3) is 0 Å². The smallest absolute Gasteiger partial charge is 0.194 e. The molecular weight excluding hydrogens is 264 g/mol. The maximum absolute atomic E-state index is 4.85. The number of aryl methyl sites for hydroxylation is 1. The highest BCUT2D eigenvalue weighted by Gasteiger charge is 2.28. The van der Waals surface area contributed by atoms with Gasteiger partial charge in [-0.2, -0.15) is 5.10 Å². The predicted molar refractivity (Wildman–Crippen MR) is 85.0 cm³/mol. The lowest BCUT2D eigenvalue weighted by molar-refractivity contribution is 0.346. The minimum absolute atomic E-state index is 0.381. The van der Waals surface area contributed by atoms with Gasteiger partial charge in [-0.05, 0) is 25.2 Å². The molecule has 6 nitrogen and oxygen atoms in total. The van der Waals surface area contributed by atoms with Crippen LogP contribution in [0.5, 0.6) is 0 Å². The molecule has 1 aromatic heterocycles. The SMILES string of the molecule is CCNC(=NCC1(C)CCCC1)N(C)Cc1ncnn1C. The molecule has 0 bridgehead atoms. The van der Waals surface area contributed by atoms with Gasteiger partial charge in [0, 0.05) is 27.2 Å². The predicted octanol–water partition coefficient (Wildman–Crippen LogP) is 1.79. The minimum atomic E-state index is 0.381. The van der Waals surface area contributed by atoms with E-state index in [2.05, 4.69) is 34.1 Å². The van der Waals surface area contributed by atoms with Crippen LogP contribution in [0.4, 0.5) is 0 Å². The van der Waals surface area contributed by atoms with E-state index < -0.39 is 0 Å². The Morgan fingerprint density at radius 3 is 2.76 bits per heavy atom. The van der Waals surface area contributed by atoms with Gasteiger partial charge >= 0.3 is 0 Å². The number of nitrogens with one attached hydrogen (secondary N) is 1. The number of hydrogen-bond acceptors (Lipinski definition) is 3. The first-order chi connectivity index (χ1) is 10.0. The van der Waals surface area contributed by atoms with Gasteiger partial charge in [-0.3, -0.25) is 9.67 Å². The average Bonchev–Trinajstić information content (AvgIpc) is 3.05. The molecule has 1 aliphatic carbocycles. The van der Waals surface area contributed by atoms with E-state index in [1.165, 1.54) is 25.7 Å². The summed E-state index contributed by atoms with van der Waals surface area (Å²) in [5, 5.41) is 7.49. The fraction of sp³-hybridized carbons (Fsp3) is 0.800. The van der Waals surface area contributed by atoms with Crippen LogP contribution < -0.4 is 5.32 Å². The van der Waals surface area contributed by atoms with Crippen molar-refractivity contribution in [3.8, 4) is 0 Å². The topological polar surface area (TPSA) is 58.3 Å². The first kappa shape index (κ1) is 15.8. The molecule has 21 heavy (non-hydrogen) atoms. The van der Waals surface area contributed by atoms with E-state index in [9.17, 15) is 0 Å². The molecule has 1 N–H and O–H groups in total. The molecule has 1 aromatic rings. The van der Waals surface area contributed by atoms with Crippen molar-refractivity contribution in [1.82, 2.24) is 25.0 Å². The molecule has 118 valence electrons. The highest BCUT2D eigenvalue weighted by atomic mass is 15.4. The zero-order valence-electron chi connectivity index (χ0n) is 13.8. The summed E-state index contributed by atoms with van der Waals surface area (Å²) < 4.78 is 1.80. The molecule has 0 spiro atoms. The van der Waals surface area contributed by atoms with Gasteiger partial charge in [0.25, 0.3) is 0 Å². The van der Waals surface area contributed by atoms with E-state index in [1.54, 1.807) is 11.0 Å². The molecule has 0 atom stereocenters. The van der Waals surface area contributed by atoms with Crippen molar-refractivity contribution >= 4 is 5.96 Å². The first-order valence-corrected chi connectivity index (χ1v) is 7.86. The maximum atomic E-state index is 4.85. The van der Waals surface area contributed by atoms with E-state index in [0.717, 1.165) is 24.9 Å². The number of nitrogens with zero attached hydrogens (tertiary/aromatic N) is 5. The van der Waals surface area contributed by atoms with Gasteiger partial charge in [0.1, 0.15) is 12.2 Å². The summed E-state index contributed by atoms with van der Waals surface area (Å²) in [5.74, 6) is 1.89. The van der Waals surface area contributed by atoms with Crippen LogP contribution in [0.2, 0.25) is 0 Å². The molecule has 1 saturated carbocycles. The number of aliphatic imine (C=N–C) groups is 1. The summed E-state index contributed by atoms with van der Waals surface area (Å²) >= 11 is 0. The Morgan fingerprint density at radius 2 is 2.19 bits per heavy atom. The Labute approximate surface area is 127 Å². The van der Waals surface area contributed by atoms with Crippen molar-refractivity contribution < 1.29 is 0 Å². The van der Waals surface area contributed by atoms with Gasteiger partial charge in [-0.25, -0.2) is 4.98 Å². The van der Waals surface area contributed by atoms with Crippen molar-refractivity contribution in [3.63, 3.8) is 0 Å². The zero-order valence-corrected chi connectivity index (χ0v) is 13.8. The maximum Gasteiger partial charge on any atom is 0.194 e. The van der Waals surface area contributed by atoms with E-state index >= 15 is 0 Å². The number of aromatic nitrogens is 3.